The smallest absolute Gasteiger partial charge is 0.228 e. The van der Waals surface area contributed by atoms with E-state index in [2.05, 4.69) is 0 Å². The van der Waals surface area contributed by atoms with Crippen LogP contribution in [-0.4, -0.2) is 49.9 Å². The van der Waals surface area contributed by atoms with Crippen LogP contribution in [0.4, 0.5) is 0 Å². The molecule has 5 rings (SSSR count). The Balaban J connectivity index is 2.07. The molecule has 1 heterocycles. The van der Waals surface area contributed by atoms with Crippen LogP contribution in [0.5, 0.6) is 28.7 Å². The minimum atomic E-state index is -1.52. The van der Waals surface area contributed by atoms with Crippen LogP contribution in [0.25, 0.3) is 10.8 Å². The molecule has 1 aliphatic heterocycles. The first kappa shape index (κ1) is 23.2. The molecule has 0 saturated carbocycles. The molecule has 0 amide bonds. The van der Waals surface area contributed by atoms with E-state index in [4.69, 9.17) is 18.9 Å². The summed E-state index contributed by atoms with van der Waals surface area (Å²) >= 11 is 0. The van der Waals surface area contributed by atoms with E-state index in [-0.39, 0.29) is 56.6 Å². The van der Waals surface area contributed by atoms with Gasteiger partial charge in [0.25, 0.3) is 0 Å². The van der Waals surface area contributed by atoms with Gasteiger partial charge in [-0.15, -0.1) is 0 Å². The van der Waals surface area contributed by atoms with E-state index in [9.17, 15) is 24.6 Å². The van der Waals surface area contributed by atoms with E-state index in [0.717, 1.165) is 0 Å². The zero-order valence-electron chi connectivity index (χ0n) is 20.1. The van der Waals surface area contributed by atoms with Crippen LogP contribution in [0.3, 0.4) is 0 Å². The van der Waals surface area contributed by atoms with E-state index in [1.165, 1.54) is 39.5 Å². The fraction of sp³-hybridized carbons (Fsp3) is 0.222. The summed E-state index contributed by atoms with van der Waals surface area (Å²) in [5, 5.41) is 22.1. The van der Waals surface area contributed by atoms with Crippen LogP contribution in [0.2, 0.25) is 0 Å². The molecule has 9 nitrogen and oxygen atoms in total. The fourth-order valence-corrected chi connectivity index (χ4v) is 5.62. The molecule has 0 fully saturated rings. The lowest BCUT2D eigenvalue weighted by atomic mass is 9.70. The van der Waals surface area contributed by atoms with Crippen LogP contribution in [0.1, 0.15) is 54.7 Å². The summed E-state index contributed by atoms with van der Waals surface area (Å²) in [7, 11) is 4.10. The van der Waals surface area contributed by atoms with Crippen LogP contribution in [-0.2, 0) is 10.3 Å². The Labute approximate surface area is 205 Å². The number of aromatic hydroxyl groups is 2. The first-order valence-corrected chi connectivity index (χ1v) is 10.9. The van der Waals surface area contributed by atoms with Crippen LogP contribution in [0.15, 0.2) is 29.5 Å². The van der Waals surface area contributed by atoms with E-state index < -0.39 is 11.4 Å². The second kappa shape index (κ2) is 7.74. The number of ketones is 1. The van der Waals surface area contributed by atoms with Gasteiger partial charge in [0.15, 0.2) is 35.4 Å². The number of phenolic OH excluding ortho intramolecular Hbond substituents is 2. The van der Waals surface area contributed by atoms with Crippen LogP contribution >= 0.6 is 0 Å². The lowest BCUT2D eigenvalue weighted by Crippen LogP contribution is -2.41. The lowest BCUT2D eigenvalue weighted by Gasteiger charge is -2.38. The Bertz CT molecular complexity index is 1560. The van der Waals surface area contributed by atoms with Crippen molar-refractivity contribution in [1.82, 2.24) is 0 Å². The van der Waals surface area contributed by atoms with Gasteiger partial charge in [-0.2, -0.15) is 0 Å². The van der Waals surface area contributed by atoms with Crippen molar-refractivity contribution < 1.29 is 43.5 Å². The molecule has 184 valence electrons. The molecule has 1 spiro atoms. The van der Waals surface area contributed by atoms with Gasteiger partial charge in [0.1, 0.15) is 17.2 Å². The number of phenols is 2. The molecule has 0 radical (unpaired) electrons. The Morgan fingerprint density at radius 1 is 0.944 bits per heavy atom. The van der Waals surface area contributed by atoms with Gasteiger partial charge in [-0.25, -0.2) is 0 Å². The Morgan fingerprint density at radius 2 is 1.64 bits per heavy atom. The largest absolute Gasteiger partial charge is 0.507 e. The van der Waals surface area contributed by atoms with Gasteiger partial charge in [0, 0.05) is 44.7 Å². The van der Waals surface area contributed by atoms with E-state index in [1.54, 1.807) is 13.8 Å². The minimum absolute atomic E-state index is 0.0637. The standard InChI is InChI=1S/C27H22O9/c1-11-22-21-18(8-17(33-3)14(10-29)20(21)24(32)25(11)34-4)36-27(22)12(2)26(35-5)23(31)19-13(9-28)16(30)7-6-15(19)27/h6-10,30,32H,1-5H3/t27-/m0/s1. The van der Waals surface area contributed by atoms with Gasteiger partial charge in [0.2, 0.25) is 5.78 Å². The van der Waals surface area contributed by atoms with Crippen molar-refractivity contribution in [2.45, 2.75) is 19.4 Å². The highest BCUT2D eigenvalue weighted by atomic mass is 16.5. The summed E-state index contributed by atoms with van der Waals surface area (Å²) in [6.45, 7) is 3.39. The summed E-state index contributed by atoms with van der Waals surface area (Å²) in [6, 6.07) is 4.36. The maximum atomic E-state index is 13.5. The van der Waals surface area contributed by atoms with E-state index in [1.807, 2.05) is 0 Å². The topological polar surface area (TPSA) is 129 Å². The summed E-state index contributed by atoms with van der Waals surface area (Å²) < 4.78 is 23.1. The third kappa shape index (κ3) is 2.51. The number of ether oxygens (including phenoxy) is 4. The van der Waals surface area contributed by atoms with Gasteiger partial charge < -0.3 is 29.2 Å². The van der Waals surface area contributed by atoms with Crippen LogP contribution < -0.4 is 14.2 Å². The van der Waals surface area contributed by atoms with Gasteiger partial charge in [-0.05, 0) is 26.0 Å². The molecular formula is C27H22O9. The van der Waals surface area contributed by atoms with Crippen molar-refractivity contribution in [2.24, 2.45) is 0 Å². The van der Waals surface area contributed by atoms with Crippen molar-refractivity contribution in [3.05, 3.63) is 62.9 Å². The Kier molecular flexibility index (Phi) is 4.99. The maximum Gasteiger partial charge on any atom is 0.228 e. The highest BCUT2D eigenvalue weighted by molar-refractivity contribution is 6.17. The maximum absolute atomic E-state index is 13.5. The molecular weight excluding hydrogens is 468 g/mol. The molecule has 3 aromatic rings. The number of carbonyl (C=O) groups excluding carboxylic acids is 3. The van der Waals surface area contributed by atoms with Crippen molar-refractivity contribution in [1.29, 1.82) is 0 Å². The summed E-state index contributed by atoms with van der Waals surface area (Å²) in [4.78, 5) is 37.6. The number of allylic oxidation sites excluding steroid dienone is 1. The molecule has 0 bridgehead atoms. The zero-order chi connectivity index (χ0) is 26.1. The highest BCUT2D eigenvalue weighted by Gasteiger charge is 2.55. The van der Waals surface area contributed by atoms with Gasteiger partial charge in [0.05, 0.1) is 32.5 Å². The lowest BCUT2D eigenvalue weighted by molar-refractivity contribution is 0.0880. The highest BCUT2D eigenvalue weighted by Crippen LogP contribution is 2.61. The molecule has 9 heteroatoms. The molecule has 36 heavy (non-hydrogen) atoms. The number of rotatable bonds is 5. The number of aldehydes is 2. The van der Waals surface area contributed by atoms with Crippen LogP contribution in [0, 0.1) is 6.92 Å². The molecule has 3 aromatic carbocycles. The third-order valence-electron chi connectivity index (χ3n) is 7.09. The number of Topliss-reactive ketones (excluding diaryl/α,β-unsaturated/α-hetero) is 1. The number of benzene rings is 3. The van der Waals surface area contributed by atoms with Crippen molar-refractivity contribution >= 4 is 29.1 Å². The molecule has 2 aliphatic rings. The first-order valence-electron chi connectivity index (χ1n) is 10.9. The Morgan fingerprint density at radius 3 is 2.22 bits per heavy atom. The third-order valence-corrected chi connectivity index (χ3v) is 7.09. The summed E-state index contributed by atoms with van der Waals surface area (Å²) in [5.74, 6) is -0.741. The second-order valence-electron chi connectivity index (χ2n) is 8.55. The zero-order valence-corrected chi connectivity index (χ0v) is 20.1. The average molecular weight is 490 g/mol. The predicted octanol–water partition coefficient (Wildman–Crippen LogP) is 3.95. The first-order chi connectivity index (χ1) is 17.2. The fourth-order valence-electron chi connectivity index (χ4n) is 5.62. The molecule has 1 atom stereocenters. The quantitative estimate of drug-likeness (QED) is 0.511. The summed E-state index contributed by atoms with van der Waals surface area (Å²) in [5.41, 5.74) is -0.0373. The molecule has 0 aromatic heterocycles. The minimum Gasteiger partial charge on any atom is -0.507 e. The number of hydrogen-bond acceptors (Lipinski definition) is 9. The number of methoxy groups -OCH3 is 3. The number of fused-ring (bicyclic) bond motifs is 3. The normalized spacial score (nSPS) is 17.8. The van der Waals surface area contributed by atoms with Crippen molar-refractivity contribution in [3.8, 4) is 28.7 Å². The molecule has 2 N–H and O–H groups in total. The van der Waals surface area contributed by atoms with E-state index in [0.29, 0.717) is 40.2 Å². The monoisotopic (exact) mass is 490 g/mol. The number of carbonyl (C=O) groups is 3. The van der Waals surface area contributed by atoms with Gasteiger partial charge in [-0.1, -0.05) is 0 Å². The van der Waals surface area contributed by atoms with Crippen molar-refractivity contribution in [3.63, 3.8) is 0 Å². The van der Waals surface area contributed by atoms with Gasteiger partial charge in [-0.3, -0.25) is 14.4 Å². The van der Waals surface area contributed by atoms with Crippen molar-refractivity contribution in [2.75, 3.05) is 21.3 Å². The predicted molar refractivity (Wildman–Crippen MR) is 128 cm³/mol. The number of hydrogen-bond donors (Lipinski definition) is 2. The molecule has 0 saturated heterocycles. The van der Waals surface area contributed by atoms with E-state index >= 15 is 0 Å². The van der Waals surface area contributed by atoms with Gasteiger partial charge >= 0.3 is 0 Å². The molecule has 1 aliphatic carbocycles. The molecule has 0 unspecified atom stereocenters. The second-order valence-corrected chi connectivity index (χ2v) is 8.55. The summed E-state index contributed by atoms with van der Waals surface area (Å²) in [6.07, 6.45) is 0.981. The SMILES string of the molecule is COC1=C(C)[C@]2(Oc3cc(OC)c(C=O)c4c(O)c(OC)c(C)c2c34)c2ccc(O)c(C=O)c2C1=O. The Hall–Kier alpha value is -4.53. The average Bonchev–Trinajstić information content (AvgIpc) is 3.21.